The van der Waals surface area contributed by atoms with E-state index in [1.54, 1.807) is 0 Å². The fourth-order valence-electron chi connectivity index (χ4n) is 3.21. The first-order chi connectivity index (χ1) is 12.9. The van der Waals surface area contributed by atoms with E-state index >= 15 is 0 Å². The van der Waals surface area contributed by atoms with Crippen LogP contribution in [0, 0.1) is 0 Å². The quantitative estimate of drug-likeness (QED) is 0.745. The van der Waals surface area contributed by atoms with Crippen LogP contribution in [-0.4, -0.2) is 17.3 Å². The van der Waals surface area contributed by atoms with E-state index < -0.39 is 18.1 Å². The number of hydrogen-bond donors (Lipinski definition) is 3. The first-order valence-electron chi connectivity index (χ1n) is 8.54. The molecule has 0 saturated heterocycles. The maximum absolute atomic E-state index is 12.4. The Morgan fingerprint density at radius 1 is 1.26 bits per heavy atom. The normalized spacial score (nSPS) is 15.8. The zero-order chi connectivity index (χ0) is 19.0. The van der Waals surface area contributed by atoms with Crippen molar-refractivity contribution in [1.82, 2.24) is 15.7 Å². The molecule has 9 heteroatoms. The number of rotatable bonds is 5. The van der Waals surface area contributed by atoms with Crippen molar-refractivity contribution < 1.29 is 22.7 Å². The number of nitrogens with one attached hydrogen (secondary N) is 3. The number of amides is 1. The number of pyridine rings is 1. The summed E-state index contributed by atoms with van der Waals surface area (Å²) in [6.45, 7) is 1.02. The van der Waals surface area contributed by atoms with Crippen molar-refractivity contribution in [2.75, 3.05) is 5.43 Å². The van der Waals surface area contributed by atoms with Crippen molar-refractivity contribution in [1.29, 1.82) is 0 Å². The third-order valence-corrected chi connectivity index (χ3v) is 4.62. The van der Waals surface area contributed by atoms with Gasteiger partial charge in [-0.05, 0) is 47.6 Å². The van der Waals surface area contributed by atoms with Crippen LogP contribution in [0.25, 0.3) is 0 Å². The molecule has 0 atom stereocenters. The summed E-state index contributed by atoms with van der Waals surface area (Å²) in [6, 6.07) is 6.40. The first kappa shape index (κ1) is 17.6. The molecule has 0 radical (unpaired) electrons. The molecule has 0 spiro atoms. The predicted molar refractivity (Wildman–Crippen MR) is 91.0 cm³/mol. The molecule has 1 aliphatic carbocycles. The summed E-state index contributed by atoms with van der Waals surface area (Å²) in [6.07, 6.45) is -1.46. The molecule has 1 aliphatic heterocycles. The minimum Gasteiger partial charge on any atom is -0.388 e. The summed E-state index contributed by atoms with van der Waals surface area (Å²) in [5.41, 5.74) is 10.8. The smallest absolute Gasteiger partial charge is 0.388 e. The largest absolute Gasteiger partial charge is 0.574 e. The Balaban J connectivity index is 1.46. The standard InChI is InChI=1S/C18H17F3N4O2/c19-18(20,21)27-16-6-3-11(7-22-16)17(26)23-8-13-12(10-1-2-10)4-5-15-14(13)9-24-25-15/h3-7,10,24-25H,1-2,8-9H2,(H,23,26). The average molecular weight is 378 g/mol. The van der Waals surface area contributed by atoms with Crippen molar-refractivity contribution in [3.05, 3.63) is 52.7 Å². The Morgan fingerprint density at radius 2 is 2.07 bits per heavy atom. The van der Waals surface area contributed by atoms with Crippen molar-refractivity contribution in [3.8, 4) is 5.88 Å². The van der Waals surface area contributed by atoms with Gasteiger partial charge in [0.2, 0.25) is 5.88 Å². The third-order valence-electron chi connectivity index (χ3n) is 4.62. The predicted octanol–water partition coefficient (Wildman–Crippen LogP) is 3.22. The maximum Gasteiger partial charge on any atom is 0.574 e. The summed E-state index contributed by atoms with van der Waals surface area (Å²) >= 11 is 0. The third kappa shape index (κ3) is 3.97. The van der Waals surface area contributed by atoms with E-state index in [1.807, 2.05) is 6.07 Å². The molecule has 0 unspecified atom stereocenters. The number of benzene rings is 1. The Kier molecular flexibility index (Phi) is 4.39. The molecule has 1 fully saturated rings. The minimum absolute atomic E-state index is 0.168. The number of aromatic nitrogens is 1. The highest BCUT2D eigenvalue weighted by Crippen LogP contribution is 2.44. The second-order valence-electron chi connectivity index (χ2n) is 6.53. The second kappa shape index (κ2) is 6.73. The maximum atomic E-state index is 12.4. The van der Waals surface area contributed by atoms with Gasteiger partial charge in [0.25, 0.3) is 5.91 Å². The number of alkyl halides is 3. The molecule has 142 valence electrons. The van der Waals surface area contributed by atoms with E-state index in [-0.39, 0.29) is 5.56 Å². The van der Waals surface area contributed by atoms with Gasteiger partial charge >= 0.3 is 6.36 Å². The monoisotopic (exact) mass is 378 g/mol. The summed E-state index contributed by atoms with van der Waals surface area (Å²) in [7, 11) is 0. The highest BCUT2D eigenvalue weighted by atomic mass is 19.4. The van der Waals surface area contributed by atoms with E-state index in [1.165, 1.54) is 11.6 Å². The number of halogens is 3. The molecule has 1 aromatic carbocycles. The summed E-state index contributed by atoms with van der Waals surface area (Å²) in [4.78, 5) is 15.9. The lowest BCUT2D eigenvalue weighted by atomic mass is 9.96. The minimum atomic E-state index is -4.81. The van der Waals surface area contributed by atoms with Gasteiger partial charge in [-0.1, -0.05) is 6.07 Å². The van der Waals surface area contributed by atoms with Crippen LogP contribution in [0.2, 0.25) is 0 Å². The number of anilines is 1. The fourth-order valence-corrected chi connectivity index (χ4v) is 3.21. The number of ether oxygens (including phenoxy) is 1. The fraction of sp³-hybridized carbons (Fsp3) is 0.333. The lowest BCUT2D eigenvalue weighted by molar-refractivity contribution is -0.276. The molecule has 2 aromatic rings. The number of hydrogen-bond acceptors (Lipinski definition) is 5. The van der Waals surface area contributed by atoms with Crippen LogP contribution in [0.4, 0.5) is 18.9 Å². The van der Waals surface area contributed by atoms with Crippen LogP contribution in [0.1, 0.15) is 45.8 Å². The molecule has 2 aliphatic rings. The molecule has 6 nitrogen and oxygen atoms in total. The molecule has 3 N–H and O–H groups in total. The Bertz CT molecular complexity index is 864. The van der Waals surface area contributed by atoms with Gasteiger partial charge in [0.15, 0.2) is 0 Å². The second-order valence-corrected chi connectivity index (χ2v) is 6.53. The highest BCUT2D eigenvalue weighted by molar-refractivity contribution is 5.93. The van der Waals surface area contributed by atoms with Gasteiger partial charge in [-0.2, -0.15) is 0 Å². The van der Waals surface area contributed by atoms with Crippen LogP contribution in [0.3, 0.4) is 0 Å². The zero-order valence-corrected chi connectivity index (χ0v) is 14.2. The van der Waals surface area contributed by atoms with Crippen molar-refractivity contribution in [2.24, 2.45) is 0 Å². The molecule has 1 amide bonds. The zero-order valence-electron chi connectivity index (χ0n) is 14.2. The SMILES string of the molecule is O=C(NCc1c(C2CC2)ccc2c1CNN2)c1ccc(OC(F)(F)F)nc1. The number of hydrazine groups is 1. The van der Waals surface area contributed by atoms with Gasteiger partial charge in [0, 0.05) is 25.4 Å². The highest BCUT2D eigenvalue weighted by Gasteiger charge is 2.32. The van der Waals surface area contributed by atoms with Crippen LogP contribution >= 0.6 is 0 Å². The van der Waals surface area contributed by atoms with E-state index in [0.29, 0.717) is 19.0 Å². The molecule has 1 aromatic heterocycles. The van der Waals surface area contributed by atoms with Crippen LogP contribution < -0.4 is 20.9 Å². The van der Waals surface area contributed by atoms with Crippen LogP contribution in [0.15, 0.2) is 30.5 Å². The van der Waals surface area contributed by atoms with Gasteiger partial charge in [-0.3, -0.25) is 4.79 Å². The Labute approximate surface area is 153 Å². The Hall–Kier alpha value is -2.81. The van der Waals surface area contributed by atoms with Crippen molar-refractivity contribution in [3.63, 3.8) is 0 Å². The van der Waals surface area contributed by atoms with E-state index in [0.717, 1.165) is 41.9 Å². The summed E-state index contributed by atoms with van der Waals surface area (Å²) in [5.74, 6) is -0.476. The molecule has 1 saturated carbocycles. The first-order valence-corrected chi connectivity index (χ1v) is 8.54. The molecule has 27 heavy (non-hydrogen) atoms. The van der Waals surface area contributed by atoms with Gasteiger partial charge in [-0.25, -0.2) is 10.4 Å². The Morgan fingerprint density at radius 3 is 2.74 bits per heavy atom. The topological polar surface area (TPSA) is 75.3 Å². The van der Waals surface area contributed by atoms with Crippen LogP contribution in [-0.2, 0) is 13.1 Å². The van der Waals surface area contributed by atoms with Crippen molar-refractivity contribution >= 4 is 11.6 Å². The average Bonchev–Trinajstić information content (AvgIpc) is 3.35. The van der Waals surface area contributed by atoms with Crippen molar-refractivity contribution in [2.45, 2.75) is 38.2 Å². The van der Waals surface area contributed by atoms with E-state index in [9.17, 15) is 18.0 Å². The molecule has 2 heterocycles. The summed E-state index contributed by atoms with van der Waals surface area (Å²) in [5, 5.41) is 2.84. The molecular formula is C18H17F3N4O2. The van der Waals surface area contributed by atoms with Gasteiger partial charge < -0.3 is 15.5 Å². The van der Waals surface area contributed by atoms with E-state index in [2.05, 4.69) is 32.0 Å². The van der Waals surface area contributed by atoms with Gasteiger partial charge in [-0.15, -0.1) is 13.2 Å². The van der Waals surface area contributed by atoms with E-state index in [4.69, 9.17) is 0 Å². The molecule has 4 rings (SSSR count). The summed E-state index contributed by atoms with van der Waals surface area (Å²) < 4.78 is 40.2. The molecular weight excluding hydrogens is 361 g/mol. The number of fused-ring (bicyclic) bond motifs is 1. The molecule has 0 bridgehead atoms. The van der Waals surface area contributed by atoms with Crippen LogP contribution in [0.5, 0.6) is 5.88 Å². The number of carbonyl (C=O) groups excluding carboxylic acids is 1. The van der Waals surface area contributed by atoms with Gasteiger partial charge in [0.05, 0.1) is 11.3 Å². The number of nitrogens with zero attached hydrogens (tertiary/aromatic N) is 1. The van der Waals surface area contributed by atoms with Gasteiger partial charge in [0.1, 0.15) is 0 Å². The lowest BCUT2D eigenvalue weighted by Gasteiger charge is -2.14. The lowest BCUT2D eigenvalue weighted by Crippen LogP contribution is -2.24. The number of carbonyl (C=O) groups is 1.